The second-order valence-electron chi connectivity index (χ2n) is 4.95. The molecular formula is C19H18N2O3. The monoisotopic (exact) mass is 322 g/mol. The highest BCUT2D eigenvalue weighted by Gasteiger charge is 2.11. The normalized spacial score (nSPS) is 10.6. The van der Waals surface area contributed by atoms with E-state index in [2.05, 4.69) is 5.32 Å². The van der Waals surface area contributed by atoms with Crippen molar-refractivity contribution in [1.82, 2.24) is 5.32 Å². The van der Waals surface area contributed by atoms with Gasteiger partial charge in [-0.3, -0.25) is 4.79 Å². The first-order valence-corrected chi connectivity index (χ1v) is 7.34. The van der Waals surface area contributed by atoms with Crippen molar-refractivity contribution < 1.29 is 14.3 Å². The number of ether oxygens (including phenoxy) is 2. The Kier molecular flexibility index (Phi) is 5.98. The first-order valence-electron chi connectivity index (χ1n) is 7.34. The number of carbonyl (C=O) groups is 1. The van der Waals surface area contributed by atoms with Crippen molar-refractivity contribution >= 4 is 12.0 Å². The third-order valence-corrected chi connectivity index (χ3v) is 3.40. The van der Waals surface area contributed by atoms with Gasteiger partial charge in [-0.2, -0.15) is 5.26 Å². The zero-order chi connectivity index (χ0) is 17.4. The van der Waals surface area contributed by atoms with Crippen LogP contribution in [0.1, 0.15) is 11.1 Å². The molecule has 0 bridgehead atoms. The average Bonchev–Trinajstić information content (AvgIpc) is 2.64. The van der Waals surface area contributed by atoms with Gasteiger partial charge in [0, 0.05) is 18.2 Å². The predicted molar refractivity (Wildman–Crippen MR) is 91.4 cm³/mol. The molecule has 0 aromatic heterocycles. The summed E-state index contributed by atoms with van der Waals surface area (Å²) >= 11 is 0. The van der Waals surface area contributed by atoms with Crippen LogP contribution in [0.2, 0.25) is 0 Å². The maximum atomic E-state index is 12.2. The van der Waals surface area contributed by atoms with Crippen molar-refractivity contribution in [1.29, 1.82) is 5.26 Å². The zero-order valence-corrected chi connectivity index (χ0v) is 13.6. The van der Waals surface area contributed by atoms with E-state index < -0.39 is 5.91 Å². The molecule has 0 atom stereocenters. The summed E-state index contributed by atoms with van der Waals surface area (Å²) in [4.78, 5) is 12.2. The Labute approximate surface area is 141 Å². The van der Waals surface area contributed by atoms with Crippen LogP contribution in [0.25, 0.3) is 6.08 Å². The first kappa shape index (κ1) is 17.1. The molecule has 5 heteroatoms. The molecular weight excluding hydrogens is 304 g/mol. The molecule has 1 amide bonds. The van der Waals surface area contributed by atoms with Crippen molar-refractivity contribution in [2.24, 2.45) is 0 Å². The Morgan fingerprint density at radius 2 is 1.92 bits per heavy atom. The number of methoxy groups -OCH3 is 2. The minimum atomic E-state index is -0.431. The number of amides is 1. The summed E-state index contributed by atoms with van der Waals surface area (Å²) in [7, 11) is 3.08. The molecule has 0 spiro atoms. The fraction of sp³-hybridized carbons (Fsp3) is 0.158. The molecule has 0 saturated heterocycles. The number of nitrogens with one attached hydrogen (secondary N) is 1. The lowest BCUT2D eigenvalue weighted by Crippen LogP contribution is -2.23. The second kappa shape index (κ2) is 8.39. The van der Waals surface area contributed by atoms with Crippen molar-refractivity contribution in [2.45, 2.75) is 6.54 Å². The Bertz CT molecular complexity index is 777. The maximum absolute atomic E-state index is 12.2. The van der Waals surface area contributed by atoms with Crippen LogP contribution in [-0.2, 0) is 11.3 Å². The summed E-state index contributed by atoms with van der Waals surface area (Å²) in [5, 5.41) is 12.0. The van der Waals surface area contributed by atoms with Gasteiger partial charge in [-0.15, -0.1) is 0 Å². The number of rotatable bonds is 6. The van der Waals surface area contributed by atoms with Gasteiger partial charge in [-0.1, -0.05) is 30.3 Å². The molecule has 0 fully saturated rings. The van der Waals surface area contributed by atoms with Gasteiger partial charge in [-0.05, 0) is 23.8 Å². The lowest BCUT2D eigenvalue weighted by atomic mass is 10.1. The van der Waals surface area contributed by atoms with Gasteiger partial charge in [0.1, 0.15) is 23.1 Å². The molecule has 1 N–H and O–H groups in total. The number of nitriles is 1. The third kappa shape index (κ3) is 4.37. The van der Waals surface area contributed by atoms with E-state index in [9.17, 15) is 10.1 Å². The van der Waals surface area contributed by atoms with Crippen LogP contribution >= 0.6 is 0 Å². The van der Waals surface area contributed by atoms with Crippen LogP contribution in [0.4, 0.5) is 0 Å². The van der Waals surface area contributed by atoms with Crippen LogP contribution in [0.3, 0.4) is 0 Å². The summed E-state index contributed by atoms with van der Waals surface area (Å²) in [6.07, 6.45) is 1.50. The molecule has 122 valence electrons. The Balaban J connectivity index is 2.16. The highest BCUT2D eigenvalue weighted by molar-refractivity contribution is 6.01. The van der Waals surface area contributed by atoms with Crippen LogP contribution < -0.4 is 14.8 Å². The molecule has 0 aliphatic heterocycles. The summed E-state index contributed by atoms with van der Waals surface area (Å²) in [6.45, 7) is 0.360. The van der Waals surface area contributed by atoms with Crippen LogP contribution in [0.5, 0.6) is 11.5 Å². The Morgan fingerprint density at radius 3 is 2.54 bits per heavy atom. The lowest BCUT2D eigenvalue weighted by molar-refractivity contribution is -0.117. The smallest absolute Gasteiger partial charge is 0.262 e. The van der Waals surface area contributed by atoms with Gasteiger partial charge in [0.2, 0.25) is 0 Å². The summed E-state index contributed by atoms with van der Waals surface area (Å²) in [6, 6.07) is 16.6. The van der Waals surface area contributed by atoms with Crippen LogP contribution in [-0.4, -0.2) is 20.1 Å². The molecule has 0 saturated carbocycles. The van der Waals surface area contributed by atoms with E-state index in [-0.39, 0.29) is 5.57 Å². The second-order valence-corrected chi connectivity index (χ2v) is 4.95. The fourth-order valence-corrected chi connectivity index (χ4v) is 2.12. The fourth-order valence-electron chi connectivity index (χ4n) is 2.12. The van der Waals surface area contributed by atoms with Gasteiger partial charge in [-0.25, -0.2) is 0 Å². The molecule has 0 aliphatic carbocycles. The van der Waals surface area contributed by atoms with E-state index in [4.69, 9.17) is 9.47 Å². The molecule has 0 heterocycles. The van der Waals surface area contributed by atoms with Crippen molar-refractivity contribution in [3.8, 4) is 17.6 Å². The van der Waals surface area contributed by atoms with Crippen molar-refractivity contribution in [2.75, 3.05) is 14.2 Å². The van der Waals surface area contributed by atoms with E-state index >= 15 is 0 Å². The molecule has 2 aromatic rings. The van der Waals surface area contributed by atoms with Gasteiger partial charge in [0.15, 0.2) is 0 Å². The molecule has 0 unspecified atom stereocenters. The predicted octanol–water partition coefficient (Wildman–Crippen LogP) is 2.93. The van der Waals surface area contributed by atoms with E-state index in [1.165, 1.54) is 13.2 Å². The SMILES string of the molecule is COc1ccc(/C=C(\C#N)C(=O)NCc2ccccc2)c(OC)c1. The van der Waals surface area contributed by atoms with Crippen LogP contribution in [0, 0.1) is 11.3 Å². The number of hydrogen-bond donors (Lipinski definition) is 1. The van der Waals surface area contributed by atoms with Gasteiger partial charge in [0.25, 0.3) is 5.91 Å². The largest absolute Gasteiger partial charge is 0.497 e. The van der Waals surface area contributed by atoms with E-state index in [0.717, 1.165) is 5.56 Å². The summed E-state index contributed by atoms with van der Waals surface area (Å²) in [5.74, 6) is 0.730. The number of benzene rings is 2. The average molecular weight is 322 g/mol. The molecule has 2 rings (SSSR count). The third-order valence-electron chi connectivity index (χ3n) is 3.40. The molecule has 2 aromatic carbocycles. The topological polar surface area (TPSA) is 71.3 Å². The molecule has 0 aliphatic rings. The van der Waals surface area contributed by atoms with Crippen molar-refractivity contribution in [3.05, 3.63) is 65.2 Å². The molecule has 24 heavy (non-hydrogen) atoms. The first-order chi connectivity index (χ1) is 11.7. The maximum Gasteiger partial charge on any atom is 0.262 e. The van der Waals surface area contributed by atoms with Gasteiger partial charge < -0.3 is 14.8 Å². The standard InChI is InChI=1S/C19H18N2O3/c1-23-17-9-8-15(18(11-17)24-2)10-16(12-20)19(22)21-13-14-6-4-3-5-7-14/h3-11H,13H2,1-2H3,(H,21,22)/b16-10+. The minimum Gasteiger partial charge on any atom is -0.497 e. The molecule has 0 radical (unpaired) electrons. The summed E-state index contributed by atoms with van der Waals surface area (Å²) < 4.78 is 10.4. The van der Waals surface area contributed by atoms with E-state index in [1.54, 1.807) is 25.3 Å². The quantitative estimate of drug-likeness (QED) is 0.655. The van der Waals surface area contributed by atoms with E-state index in [0.29, 0.717) is 23.6 Å². The van der Waals surface area contributed by atoms with Gasteiger partial charge in [0.05, 0.1) is 14.2 Å². The van der Waals surface area contributed by atoms with Gasteiger partial charge >= 0.3 is 0 Å². The number of carbonyl (C=O) groups excluding carboxylic acids is 1. The number of hydrogen-bond acceptors (Lipinski definition) is 4. The molecule has 5 nitrogen and oxygen atoms in total. The minimum absolute atomic E-state index is 0.00870. The highest BCUT2D eigenvalue weighted by atomic mass is 16.5. The van der Waals surface area contributed by atoms with Crippen molar-refractivity contribution in [3.63, 3.8) is 0 Å². The number of nitrogens with zero attached hydrogens (tertiary/aromatic N) is 1. The Morgan fingerprint density at radius 1 is 1.17 bits per heavy atom. The Hall–Kier alpha value is -3.26. The lowest BCUT2D eigenvalue weighted by Gasteiger charge is -2.08. The highest BCUT2D eigenvalue weighted by Crippen LogP contribution is 2.26. The van der Waals surface area contributed by atoms with Crippen LogP contribution in [0.15, 0.2) is 54.1 Å². The summed E-state index contributed by atoms with van der Waals surface area (Å²) in [5.41, 5.74) is 1.60. The zero-order valence-electron chi connectivity index (χ0n) is 13.6. The van der Waals surface area contributed by atoms with E-state index in [1.807, 2.05) is 36.4 Å².